The van der Waals surface area contributed by atoms with E-state index >= 15 is 0 Å². The standard InChI is InChI=1S/C20H18FN9O5S2/c21-8-35-26-12(15-25-20(23)37-27-15)16(31)24-13-17(32)30-14(19(33)34)9(7-36-18(13)30)6-28-4-5-29-10(22)2-1-3-11(28)29/h1-5,13,18,22H,6-8H2,(H4,23,24,25,27,31,33,34)/b26-12+/t13-,18-/m1/s1. The summed E-state index contributed by atoms with van der Waals surface area (Å²) in [5.41, 5.74) is 12.0. The Bertz CT molecular complexity index is 1490. The van der Waals surface area contributed by atoms with Gasteiger partial charge in [-0.3, -0.25) is 14.5 Å². The first-order chi connectivity index (χ1) is 17.8. The molecule has 0 radical (unpaired) electrons. The predicted octanol–water partition coefficient (Wildman–Crippen LogP) is -2.01. The third kappa shape index (κ3) is 4.31. The van der Waals surface area contributed by atoms with Gasteiger partial charge in [0.2, 0.25) is 11.5 Å². The van der Waals surface area contributed by atoms with Crippen LogP contribution < -0.4 is 26.5 Å². The van der Waals surface area contributed by atoms with E-state index in [1.807, 2.05) is 6.07 Å². The highest BCUT2D eigenvalue weighted by molar-refractivity contribution is 8.00. The average molecular weight is 548 g/mol. The van der Waals surface area contributed by atoms with Crippen LogP contribution in [0.2, 0.25) is 0 Å². The number of nitrogens with one attached hydrogen (secondary N) is 1. The molecule has 2 atom stereocenters. The normalized spacial score (nSPS) is 19.5. The summed E-state index contributed by atoms with van der Waals surface area (Å²) in [7, 11) is 0. The highest BCUT2D eigenvalue weighted by Gasteiger charge is 2.53. The van der Waals surface area contributed by atoms with Crippen LogP contribution in [-0.2, 0) is 25.8 Å². The molecule has 37 heavy (non-hydrogen) atoms. The number of aliphatic carboxylic acids is 1. The van der Waals surface area contributed by atoms with Crippen LogP contribution in [0.25, 0.3) is 5.65 Å². The minimum atomic E-state index is -1.51. The molecule has 5 heterocycles. The average Bonchev–Trinajstić information content (AvgIpc) is 3.49. The van der Waals surface area contributed by atoms with E-state index in [-0.39, 0.29) is 29.0 Å². The minimum absolute atomic E-state index is 0.0392. The largest absolute Gasteiger partial charge is 0.543 e. The monoisotopic (exact) mass is 547 g/mol. The van der Waals surface area contributed by atoms with Crippen LogP contribution in [0, 0.1) is 0 Å². The Morgan fingerprint density at radius 1 is 1.38 bits per heavy atom. The summed E-state index contributed by atoms with van der Waals surface area (Å²) in [6.07, 6.45) is 3.50. The number of fused-ring (bicyclic) bond motifs is 2. The number of carboxylic acid groups (broad SMARTS) is 1. The maximum absolute atomic E-state index is 13.0. The van der Waals surface area contributed by atoms with Crippen molar-refractivity contribution in [2.45, 2.75) is 18.0 Å². The summed E-state index contributed by atoms with van der Waals surface area (Å²) in [5.74, 6) is -2.52. The second-order valence-corrected chi connectivity index (χ2v) is 9.73. The third-order valence-electron chi connectivity index (χ3n) is 5.69. The molecule has 0 unspecified atom stereocenters. The molecular weight excluding hydrogens is 529 g/mol. The molecule has 3 aromatic heterocycles. The van der Waals surface area contributed by atoms with Crippen LogP contribution in [0.3, 0.4) is 0 Å². The molecule has 2 aliphatic heterocycles. The summed E-state index contributed by atoms with van der Waals surface area (Å²) in [5, 5.41) is 17.3. The lowest BCUT2D eigenvalue weighted by Gasteiger charge is -2.50. The maximum atomic E-state index is 13.0. The lowest BCUT2D eigenvalue weighted by atomic mass is 10.0. The van der Waals surface area contributed by atoms with Gasteiger partial charge in [-0.25, -0.2) is 8.96 Å². The number of carboxylic acids is 1. The molecule has 0 spiro atoms. The Kier molecular flexibility index (Phi) is 6.38. The van der Waals surface area contributed by atoms with Crippen LogP contribution in [0.4, 0.5) is 15.3 Å². The zero-order chi connectivity index (χ0) is 26.3. The van der Waals surface area contributed by atoms with Gasteiger partial charge >= 0.3 is 0 Å². The SMILES string of the molecule is Nc1nc(/C(=N\OCF)C(=O)N[C@@H]2C(=O)N3C(C(=O)[O-])=C(C[n+]4ccn5c(N)cccc54)CS[C@H]23)ns1. The number of pyridine rings is 1. The van der Waals surface area contributed by atoms with Crippen LogP contribution in [0.1, 0.15) is 5.82 Å². The van der Waals surface area contributed by atoms with Crippen LogP contribution in [0.15, 0.2) is 47.0 Å². The fraction of sp³-hybridized carbons (Fsp3) is 0.250. The van der Waals surface area contributed by atoms with Crippen molar-refractivity contribution in [3.63, 3.8) is 0 Å². The number of oxime groups is 1. The second kappa shape index (κ2) is 9.66. The van der Waals surface area contributed by atoms with Crippen molar-refractivity contribution in [1.82, 2.24) is 24.0 Å². The lowest BCUT2D eigenvalue weighted by molar-refractivity contribution is -0.662. The predicted molar refractivity (Wildman–Crippen MR) is 127 cm³/mol. The Balaban J connectivity index is 1.37. The van der Waals surface area contributed by atoms with Gasteiger partial charge in [-0.15, -0.1) is 11.8 Å². The molecule has 3 aromatic rings. The molecule has 2 amide bonds. The fourth-order valence-corrected chi connectivity index (χ4v) is 5.86. The number of nitrogens with two attached hydrogens (primary N) is 2. The highest BCUT2D eigenvalue weighted by Crippen LogP contribution is 2.40. The summed E-state index contributed by atoms with van der Waals surface area (Å²) >= 11 is 2.06. The lowest BCUT2D eigenvalue weighted by Crippen LogP contribution is -2.71. The van der Waals surface area contributed by atoms with Crippen LogP contribution >= 0.6 is 23.3 Å². The number of hydrogen-bond donors (Lipinski definition) is 3. The van der Waals surface area contributed by atoms with Gasteiger partial charge in [-0.05, 0) is 6.07 Å². The second-order valence-electron chi connectivity index (χ2n) is 7.84. The molecule has 192 valence electrons. The van der Waals surface area contributed by atoms with Gasteiger partial charge in [0.15, 0.2) is 10.9 Å². The molecule has 5 N–H and O–H groups in total. The van der Waals surface area contributed by atoms with Crippen molar-refractivity contribution in [3.05, 3.63) is 47.7 Å². The Hall–Kier alpha value is -4.25. The van der Waals surface area contributed by atoms with E-state index in [2.05, 4.69) is 24.7 Å². The number of alkyl halides is 1. The molecule has 0 aromatic carbocycles. The van der Waals surface area contributed by atoms with Gasteiger partial charge < -0.3 is 31.5 Å². The van der Waals surface area contributed by atoms with Crippen molar-refractivity contribution >= 4 is 63.4 Å². The van der Waals surface area contributed by atoms with Gasteiger partial charge in [-0.1, -0.05) is 5.16 Å². The zero-order valence-corrected chi connectivity index (χ0v) is 20.4. The van der Waals surface area contributed by atoms with Crippen molar-refractivity contribution < 1.29 is 33.3 Å². The number of carbonyl (C=O) groups excluding carboxylic acids is 3. The number of halogens is 1. The van der Waals surface area contributed by atoms with E-state index in [9.17, 15) is 23.9 Å². The van der Waals surface area contributed by atoms with E-state index in [1.165, 1.54) is 11.8 Å². The van der Waals surface area contributed by atoms with Crippen molar-refractivity contribution in [2.75, 3.05) is 24.1 Å². The molecule has 0 bridgehead atoms. The smallest absolute Gasteiger partial charge is 0.288 e. The van der Waals surface area contributed by atoms with E-state index < -0.39 is 41.8 Å². The number of thioether (sulfide) groups is 1. The zero-order valence-electron chi connectivity index (χ0n) is 18.7. The first-order valence-corrected chi connectivity index (χ1v) is 12.4. The number of rotatable bonds is 8. The van der Waals surface area contributed by atoms with E-state index in [1.54, 1.807) is 33.5 Å². The molecule has 5 rings (SSSR count). The van der Waals surface area contributed by atoms with E-state index in [0.717, 1.165) is 22.1 Å². The Morgan fingerprint density at radius 2 is 2.19 bits per heavy atom. The Labute approximate surface area is 215 Å². The molecule has 2 aliphatic rings. The van der Waals surface area contributed by atoms with Crippen molar-refractivity contribution in [1.29, 1.82) is 0 Å². The number of anilines is 2. The van der Waals surface area contributed by atoms with E-state index in [4.69, 9.17) is 11.5 Å². The molecule has 1 fully saturated rings. The van der Waals surface area contributed by atoms with Gasteiger partial charge in [0.1, 0.15) is 30.4 Å². The van der Waals surface area contributed by atoms with Gasteiger partial charge in [0, 0.05) is 35.0 Å². The van der Waals surface area contributed by atoms with Crippen molar-refractivity contribution in [2.24, 2.45) is 5.16 Å². The number of amides is 2. The highest BCUT2D eigenvalue weighted by atomic mass is 32.2. The first-order valence-electron chi connectivity index (χ1n) is 10.6. The van der Waals surface area contributed by atoms with Gasteiger partial charge in [0.25, 0.3) is 24.3 Å². The molecular formula is C20H18FN9O5S2. The molecule has 0 saturated carbocycles. The summed E-state index contributed by atoms with van der Waals surface area (Å²) in [6.45, 7) is -1.13. The summed E-state index contributed by atoms with van der Waals surface area (Å²) in [6, 6.07) is 4.25. The van der Waals surface area contributed by atoms with Gasteiger partial charge in [0.05, 0.1) is 11.7 Å². The Morgan fingerprint density at radius 3 is 2.89 bits per heavy atom. The number of hydrogen-bond acceptors (Lipinski definition) is 12. The number of nitrogen functional groups attached to an aromatic ring is 2. The summed E-state index contributed by atoms with van der Waals surface area (Å²) < 4.78 is 19.9. The number of β-lactam (4-membered cyclic amide) rings is 1. The fourth-order valence-electron chi connectivity index (χ4n) is 4.09. The van der Waals surface area contributed by atoms with Crippen molar-refractivity contribution in [3.8, 4) is 0 Å². The molecule has 0 aliphatic carbocycles. The molecule has 17 heteroatoms. The van der Waals surface area contributed by atoms with E-state index in [0.29, 0.717) is 11.4 Å². The number of aromatic nitrogens is 4. The molecule has 1 saturated heterocycles. The quantitative estimate of drug-likeness (QED) is 0.123. The number of nitrogens with zero attached hydrogens (tertiary/aromatic N) is 6. The minimum Gasteiger partial charge on any atom is -0.543 e. The topological polar surface area (TPSA) is 197 Å². The number of imidazole rings is 1. The first kappa shape index (κ1) is 24.4. The van der Waals surface area contributed by atoms with Gasteiger partial charge in [-0.2, -0.15) is 13.8 Å². The van der Waals surface area contributed by atoms with Crippen LogP contribution in [-0.4, -0.2) is 66.2 Å². The summed E-state index contributed by atoms with van der Waals surface area (Å²) in [4.78, 5) is 47.2. The maximum Gasteiger partial charge on any atom is 0.288 e. The number of carbonyl (C=O) groups is 3. The van der Waals surface area contributed by atoms with Crippen LogP contribution in [0.5, 0.6) is 0 Å². The molecule has 14 nitrogen and oxygen atoms in total. The third-order valence-corrected chi connectivity index (χ3v) is 7.57.